The average Bonchev–Trinajstić information content (AvgIpc) is 2.60. The van der Waals surface area contributed by atoms with Crippen LogP contribution in [0.25, 0.3) is 11.4 Å². The Kier molecular flexibility index (Phi) is 4.72. The van der Waals surface area contributed by atoms with E-state index in [9.17, 15) is 5.11 Å². The van der Waals surface area contributed by atoms with Gasteiger partial charge in [0.25, 0.3) is 0 Å². The number of rotatable bonds is 4. The number of nitrogens with zero attached hydrogens (tertiary/aromatic N) is 3. The number of nitrogens with one attached hydrogen (secondary N) is 1. The van der Waals surface area contributed by atoms with Crippen LogP contribution in [0, 0.1) is 0 Å². The predicted molar refractivity (Wildman–Crippen MR) is 96.4 cm³/mol. The van der Waals surface area contributed by atoms with Crippen LogP contribution < -0.4 is 5.43 Å². The average molecular weight is 339 g/mol. The van der Waals surface area contributed by atoms with Gasteiger partial charge in [0.05, 0.1) is 5.71 Å². The third-order valence-electron chi connectivity index (χ3n) is 3.35. The highest BCUT2D eigenvalue weighted by Crippen LogP contribution is 2.20. The maximum absolute atomic E-state index is 9.33. The van der Waals surface area contributed by atoms with Crippen molar-refractivity contribution in [3.8, 4) is 17.1 Å². The van der Waals surface area contributed by atoms with E-state index >= 15 is 0 Å². The lowest BCUT2D eigenvalue weighted by atomic mass is 10.1. The molecule has 0 fully saturated rings. The third-order valence-corrected chi connectivity index (χ3v) is 3.54. The van der Waals surface area contributed by atoms with Crippen LogP contribution in [0.1, 0.15) is 12.5 Å². The maximum Gasteiger partial charge on any atom is 0.163 e. The van der Waals surface area contributed by atoms with Gasteiger partial charge in [-0.1, -0.05) is 41.9 Å². The molecule has 0 radical (unpaired) electrons. The Bertz CT molecular complexity index is 864. The highest BCUT2D eigenvalue weighted by molar-refractivity contribution is 6.29. The Hall–Kier alpha value is -2.92. The molecule has 0 aliphatic rings. The van der Waals surface area contributed by atoms with Crippen LogP contribution in [0.2, 0.25) is 5.15 Å². The molecule has 120 valence electrons. The summed E-state index contributed by atoms with van der Waals surface area (Å²) in [5.74, 6) is 1.25. The summed E-state index contributed by atoms with van der Waals surface area (Å²) in [6.07, 6.45) is 0. The minimum Gasteiger partial charge on any atom is -0.508 e. The number of phenolic OH excluding ortho intramolecular Hbond substituents is 1. The van der Waals surface area contributed by atoms with Crippen LogP contribution in [0.4, 0.5) is 5.82 Å². The zero-order chi connectivity index (χ0) is 16.9. The molecule has 6 heteroatoms. The Labute approximate surface area is 144 Å². The fourth-order valence-electron chi connectivity index (χ4n) is 2.10. The summed E-state index contributed by atoms with van der Waals surface area (Å²) in [5.41, 5.74) is 5.42. The number of hydrogen-bond acceptors (Lipinski definition) is 5. The van der Waals surface area contributed by atoms with Crippen LogP contribution in [-0.2, 0) is 0 Å². The van der Waals surface area contributed by atoms with E-state index in [0.717, 1.165) is 16.8 Å². The van der Waals surface area contributed by atoms with Gasteiger partial charge in [0.1, 0.15) is 10.9 Å². The molecule has 0 aliphatic carbocycles. The summed E-state index contributed by atoms with van der Waals surface area (Å²) in [6.45, 7) is 1.86. The van der Waals surface area contributed by atoms with Crippen molar-refractivity contribution in [1.29, 1.82) is 0 Å². The fraction of sp³-hybridized carbons (Fsp3) is 0.0556. The van der Waals surface area contributed by atoms with Crippen molar-refractivity contribution < 1.29 is 5.11 Å². The van der Waals surface area contributed by atoms with E-state index < -0.39 is 0 Å². The van der Waals surface area contributed by atoms with Crippen LogP contribution >= 0.6 is 11.6 Å². The number of aromatic nitrogens is 2. The molecule has 5 nitrogen and oxygen atoms in total. The van der Waals surface area contributed by atoms with Crippen molar-refractivity contribution in [3.05, 3.63) is 71.4 Å². The highest BCUT2D eigenvalue weighted by atomic mass is 35.5. The minimum absolute atomic E-state index is 0.217. The molecule has 3 rings (SSSR count). The molecule has 0 aliphatic heterocycles. The molecular weight excluding hydrogens is 324 g/mol. The molecule has 1 aromatic heterocycles. The van der Waals surface area contributed by atoms with Crippen molar-refractivity contribution in [2.24, 2.45) is 5.10 Å². The number of benzene rings is 2. The first-order valence-electron chi connectivity index (χ1n) is 7.31. The number of halogens is 1. The van der Waals surface area contributed by atoms with E-state index in [-0.39, 0.29) is 5.75 Å². The van der Waals surface area contributed by atoms with Gasteiger partial charge in [0.2, 0.25) is 0 Å². The predicted octanol–water partition coefficient (Wildman–Crippen LogP) is 4.34. The quantitative estimate of drug-likeness (QED) is 0.422. The van der Waals surface area contributed by atoms with Gasteiger partial charge in [-0.05, 0) is 36.8 Å². The number of aromatic hydroxyl groups is 1. The third kappa shape index (κ3) is 3.88. The van der Waals surface area contributed by atoms with Gasteiger partial charge in [0, 0.05) is 11.6 Å². The molecule has 1 heterocycles. The van der Waals surface area contributed by atoms with Gasteiger partial charge in [0.15, 0.2) is 11.6 Å². The van der Waals surface area contributed by atoms with Crippen LogP contribution in [0.15, 0.2) is 65.8 Å². The number of anilines is 1. The van der Waals surface area contributed by atoms with E-state index in [1.54, 1.807) is 30.3 Å². The van der Waals surface area contributed by atoms with Crippen molar-refractivity contribution >= 4 is 23.1 Å². The van der Waals surface area contributed by atoms with E-state index in [1.807, 2.05) is 37.3 Å². The summed E-state index contributed by atoms with van der Waals surface area (Å²) in [7, 11) is 0. The first kappa shape index (κ1) is 16.0. The number of phenols is 1. The normalized spacial score (nSPS) is 11.3. The summed E-state index contributed by atoms with van der Waals surface area (Å²) in [5, 5.41) is 14.0. The van der Waals surface area contributed by atoms with Gasteiger partial charge in [-0.2, -0.15) is 5.10 Å². The zero-order valence-electron chi connectivity index (χ0n) is 12.9. The SMILES string of the molecule is C/C(=N\Nc1cc(Cl)nc(-c2ccccc2)n1)c1ccc(O)cc1. The summed E-state index contributed by atoms with van der Waals surface area (Å²) in [4.78, 5) is 8.67. The molecule has 0 atom stereocenters. The minimum atomic E-state index is 0.217. The Balaban J connectivity index is 1.84. The summed E-state index contributed by atoms with van der Waals surface area (Å²) < 4.78 is 0. The second-order valence-electron chi connectivity index (χ2n) is 5.12. The van der Waals surface area contributed by atoms with Gasteiger partial charge in [-0.15, -0.1) is 0 Å². The van der Waals surface area contributed by atoms with Gasteiger partial charge < -0.3 is 5.11 Å². The lowest BCUT2D eigenvalue weighted by molar-refractivity contribution is 0.475. The van der Waals surface area contributed by atoms with Crippen molar-refractivity contribution in [1.82, 2.24) is 9.97 Å². The van der Waals surface area contributed by atoms with E-state index in [0.29, 0.717) is 16.8 Å². The monoisotopic (exact) mass is 338 g/mol. The van der Waals surface area contributed by atoms with Crippen molar-refractivity contribution in [3.63, 3.8) is 0 Å². The molecular formula is C18H15ClN4O. The summed E-state index contributed by atoms with van der Waals surface area (Å²) >= 11 is 6.08. The lowest BCUT2D eigenvalue weighted by Crippen LogP contribution is -2.02. The molecule has 2 N–H and O–H groups in total. The van der Waals surface area contributed by atoms with Crippen LogP contribution in [0.3, 0.4) is 0 Å². The number of hydrogen-bond donors (Lipinski definition) is 2. The molecule has 0 saturated heterocycles. The zero-order valence-corrected chi connectivity index (χ0v) is 13.7. The lowest BCUT2D eigenvalue weighted by Gasteiger charge is -2.06. The number of hydrazone groups is 1. The fourth-order valence-corrected chi connectivity index (χ4v) is 2.28. The van der Waals surface area contributed by atoms with E-state index in [1.165, 1.54) is 0 Å². The standard InChI is InChI=1S/C18H15ClN4O/c1-12(13-7-9-15(24)10-8-13)22-23-17-11-16(19)20-18(21-17)14-5-3-2-4-6-14/h2-11,24H,1H3,(H,20,21,23)/b22-12+. The largest absolute Gasteiger partial charge is 0.508 e. The Morgan fingerprint density at radius 2 is 1.75 bits per heavy atom. The van der Waals surface area contributed by atoms with Gasteiger partial charge >= 0.3 is 0 Å². The molecule has 3 aromatic rings. The topological polar surface area (TPSA) is 70.4 Å². The Morgan fingerprint density at radius 3 is 2.46 bits per heavy atom. The molecule has 0 bridgehead atoms. The molecule has 24 heavy (non-hydrogen) atoms. The van der Waals surface area contributed by atoms with E-state index in [2.05, 4.69) is 20.5 Å². The molecule has 0 spiro atoms. The second kappa shape index (κ2) is 7.10. The van der Waals surface area contributed by atoms with Crippen molar-refractivity contribution in [2.75, 3.05) is 5.43 Å². The van der Waals surface area contributed by atoms with Crippen molar-refractivity contribution in [2.45, 2.75) is 6.92 Å². The first-order chi connectivity index (χ1) is 11.6. The molecule has 0 unspecified atom stereocenters. The molecule has 0 saturated carbocycles. The molecule has 0 amide bonds. The summed E-state index contributed by atoms with van der Waals surface area (Å²) in [6, 6.07) is 18.0. The van der Waals surface area contributed by atoms with Crippen LogP contribution in [-0.4, -0.2) is 20.8 Å². The van der Waals surface area contributed by atoms with Gasteiger partial charge in [-0.3, -0.25) is 5.43 Å². The molecule has 2 aromatic carbocycles. The second-order valence-corrected chi connectivity index (χ2v) is 5.51. The highest BCUT2D eigenvalue weighted by Gasteiger charge is 2.05. The van der Waals surface area contributed by atoms with Gasteiger partial charge in [-0.25, -0.2) is 9.97 Å². The Morgan fingerprint density at radius 1 is 1.04 bits per heavy atom. The van der Waals surface area contributed by atoms with E-state index in [4.69, 9.17) is 11.6 Å². The van der Waals surface area contributed by atoms with Crippen LogP contribution in [0.5, 0.6) is 5.75 Å². The smallest absolute Gasteiger partial charge is 0.163 e. The first-order valence-corrected chi connectivity index (χ1v) is 7.69. The maximum atomic E-state index is 9.33.